The molecule has 3 N–H and O–H groups in total. The average molecular weight is 308 g/mol. The molecule has 0 saturated heterocycles. The van der Waals surface area contributed by atoms with Crippen LogP contribution in [0.15, 0.2) is 41.4 Å². The van der Waals surface area contributed by atoms with Crippen LogP contribution in [0.25, 0.3) is 0 Å². The molecule has 0 spiro atoms. The molecule has 0 unspecified atom stereocenters. The summed E-state index contributed by atoms with van der Waals surface area (Å²) in [5.41, 5.74) is 5.94. The predicted molar refractivity (Wildman–Crippen MR) is 77.3 cm³/mol. The van der Waals surface area contributed by atoms with Gasteiger partial charge in [-0.3, -0.25) is 19.8 Å². The minimum atomic E-state index is -3.95. The van der Waals surface area contributed by atoms with Crippen LogP contribution in [0.5, 0.6) is 0 Å². The van der Waals surface area contributed by atoms with E-state index in [4.69, 9.17) is 5.73 Å². The Bertz CT molecular complexity index is 805. The third-order valence-electron chi connectivity index (χ3n) is 2.74. The molecule has 9 heteroatoms. The van der Waals surface area contributed by atoms with Gasteiger partial charge in [0.2, 0.25) is 0 Å². The van der Waals surface area contributed by atoms with Crippen molar-refractivity contribution < 1.29 is 13.3 Å². The van der Waals surface area contributed by atoms with Gasteiger partial charge in [0.05, 0.1) is 22.0 Å². The second kappa shape index (κ2) is 5.37. The number of sulfonamides is 1. The predicted octanol–water partition coefficient (Wildman–Crippen LogP) is 1.68. The van der Waals surface area contributed by atoms with Crippen molar-refractivity contribution in [1.82, 2.24) is 4.98 Å². The highest BCUT2D eigenvalue weighted by molar-refractivity contribution is 7.92. The summed E-state index contributed by atoms with van der Waals surface area (Å²) < 4.78 is 26.9. The van der Waals surface area contributed by atoms with E-state index in [9.17, 15) is 18.5 Å². The van der Waals surface area contributed by atoms with Gasteiger partial charge in [0.1, 0.15) is 4.90 Å². The highest BCUT2D eigenvalue weighted by Gasteiger charge is 2.20. The van der Waals surface area contributed by atoms with Gasteiger partial charge in [0.25, 0.3) is 15.7 Å². The van der Waals surface area contributed by atoms with Gasteiger partial charge in [-0.25, -0.2) is 8.42 Å². The number of non-ortho nitro benzene ring substituents is 1. The molecule has 8 nitrogen and oxygen atoms in total. The molecule has 0 amide bonds. The Morgan fingerprint density at radius 3 is 2.62 bits per heavy atom. The summed E-state index contributed by atoms with van der Waals surface area (Å²) in [5, 5.41) is 10.6. The number of nitrogens with two attached hydrogens (primary N) is 1. The SMILES string of the molecule is Cc1ncccc1NS(=O)(=O)c1ccc([N+](=O)[O-])cc1N. The summed E-state index contributed by atoms with van der Waals surface area (Å²) >= 11 is 0. The number of nitro groups is 1. The maximum atomic E-state index is 12.3. The monoisotopic (exact) mass is 308 g/mol. The molecule has 0 radical (unpaired) electrons. The number of nitrogens with one attached hydrogen (secondary N) is 1. The molecule has 0 aliphatic carbocycles. The first-order valence-electron chi connectivity index (χ1n) is 5.79. The summed E-state index contributed by atoms with van der Waals surface area (Å²) in [7, 11) is -3.95. The van der Waals surface area contributed by atoms with Crippen LogP contribution in [0.4, 0.5) is 17.1 Å². The van der Waals surface area contributed by atoms with Crippen LogP contribution in [0.3, 0.4) is 0 Å². The Kier molecular flexibility index (Phi) is 3.76. The molecule has 0 aliphatic rings. The standard InChI is InChI=1S/C12H12N4O4S/c1-8-11(3-2-6-14-8)15-21(19,20)12-5-4-9(16(17)18)7-10(12)13/h2-7,15H,13H2,1H3. The Morgan fingerprint density at radius 1 is 1.33 bits per heavy atom. The molecule has 0 fully saturated rings. The Balaban J connectivity index is 2.41. The molecule has 110 valence electrons. The van der Waals surface area contributed by atoms with Crippen molar-refractivity contribution in [3.63, 3.8) is 0 Å². The fourth-order valence-electron chi connectivity index (χ4n) is 1.69. The summed E-state index contributed by atoms with van der Waals surface area (Å²) in [6.45, 7) is 1.65. The highest BCUT2D eigenvalue weighted by Crippen LogP contribution is 2.26. The van der Waals surface area contributed by atoms with Crippen molar-refractivity contribution in [1.29, 1.82) is 0 Å². The number of benzene rings is 1. The molecule has 21 heavy (non-hydrogen) atoms. The van der Waals surface area contributed by atoms with Crippen molar-refractivity contribution in [2.24, 2.45) is 0 Å². The van der Waals surface area contributed by atoms with Crippen molar-refractivity contribution >= 4 is 27.1 Å². The smallest absolute Gasteiger partial charge is 0.271 e. The maximum absolute atomic E-state index is 12.3. The fraction of sp³-hybridized carbons (Fsp3) is 0.0833. The van der Waals surface area contributed by atoms with Crippen LogP contribution in [0.2, 0.25) is 0 Å². The van der Waals surface area contributed by atoms with Crippen molar-refractivity contribution in [3.05, 3.63) is 52.3 Å². The minimum Gasteiger partial charge on any atom is -0.397 e. The lowest BCUT2D eigenvalue weighted by atomic mass is 10.3. The highest BCUT2D eigenvalue weighted by atomic mass is 32.2. The van der Waals surface area contributed by atoms with E-state index in [-0.39, 0.29) is 16.3 Å². The second-order valence-corrected chi connectivity index (χ2v) is 5.87. The number of pyridine rings is 1. The molecule has 0 bridgehead atoms. The first kappa shape index (κ1) is 14.7. The van der Waals surface area contributed by atoms with Gasteiger partial charge < -0.3 is 5.73 Å². The first-order chi connectivity index (χ1) is 9.81. The second-order valence-electron chi connectivity index (χ2n) is 4.22. The molecular weight excluding hydrogens is 296 g/mol. The number of hydrogen-bond donors (Lipinski definition) is 2. The number of aromatic nitrogens is 1. The van der Waals surface area contributed by atoms with E-state index in [1.807, 2.05) is 0 Å². The third kappa shape index (κ3) is 3.08. The molecule has 1 aromatic carbocycles. The number of rotatable bonds is 4. The van der Waals surface area contributed by atoms with Gasteiger partial charge in [-0.1, -0.05) is 0 Å². The van der Waals surface area contributed by atoms with E-state index in [0.717, 1.165) is 18.2 Å². The lowest BCUT2D eigenvalue weighted by molar-refractivity contribution is -0.384. The molecule has 0 aliphatic heterocycles. The van der Waals surface area contributed by atoms with Gasteiger partial charge >= 0.3 is 0 Å². The Labute approximate surface area is 120 Å². The van der Waals surface area contributed by atoms with Crippen LogP contribution < -0.4 is 10.5 Å². The van der Waals surface area contributed by atoms with Crippen LogP contribution in [0.1, 0.15) is 5.69 Å². The molecule has 1 heterocycles. The first-order valence-corrected chi connectivity index (χ1v) is 7.28. The zero-order chi connectivity index (χ0) is 15.6. The van der Waals surface area contributed by atoms with Crippen molar-refractivity contribution in [2.75, 3.05) is 10.5 Å². The van der Waals surface area contributed by atoms with Gasteiger partial charge in [-0.15, -0.1) is 0 Å². The summed E-state index contributed by atoms with van der Waals surface area (Å²) in [4.78, 5) is 13.7. The number of nitrogens with zero attached hydrogens (tertiary/aromatic N) is 2. The lowest BCUT2D eigenvalue weighted by Crippen LogP contribution is -2.16. The molecule has 1 aromatic heterocycles. The number of aryl methyl sites for hydroxylation is 1. The molecular formula is C12H12N4O4S. The quantitative estimate of drug-likeness (QED) is 0.502. The van der Waals surface area contributed by atoms with E-state index in [0.29, 0.717) is 11.4 Å². The van der Waals surface area contributed by atoms with E-state index >= 15 is 0 Å². The molecule has 0 saturated carbocycles. The summed E-state index contributed by atoms with van der Waals surface area (Å²) in [6.07, 6.45) is 1.54. The number of nitrogen functional groups attached to an aromatic ring is 1. The Hall–Kier alpha value is -2.68. The summed E-state index contributed by atoms with van der Waals surface area (Å²) in [5.74, 6) is 0. The molecule has 2 aromatic rings. The van der Waals surface area contributed by atoms with Gasteiger partial charge in [-0.2, -0.15) is 0 Å². The van der Waals surface area contributed by atoms with E-state index < -0.39 is 14.9 Å². The normalized spacial score (nSPS) is 11.1. The molecule has 0 atom stereocenters. The molecule has 2 rings (SSSR count). The Morgan fingerprint density at radius 2 is 2.05 bits per heavy atom. The number of anilines is 2. The zero-order valence-corrected chi connectivity index (χ0v) is 11.8. The average Bonchev–Trinajstić information content (AvgIpc) is 2.40. The van der Waals surface area contributed by atoms with Crippen LogP contribution in [-0.2, 0) is 10.0 Å². The number of nitro benzene ring substituents is 1. The van der Waals surface area contributed by atoms with Crippen molar-refractivity contribution in [2.45, 2.75) is 11.8 Å². The van der Waals surface area contributed by atoms with Gasteiger partial charge in [0, 0.05) is 18.3 Å². The van der Waals surface area contributed by atoms with Crippen LogP contribution in [0, 0.1) is 17.0 Å². The third-order valence-corrected chi connectivity index (χ3v) is 4.18. The summed E-state index contributed by atoms with van der Waals surface area (Å²) in [6, 6.07) is 6.33. The minimum absolute atomic E-state index is 0.196. The lowest BCUT2D eigenvalue weighted by Gasteiger charge is -2.11. The van der Waals surface area contributed by atoms with Crippen LogP contribution in [-0.4, -0.2) is 18.3 Å². The van der Waals surface area contributed by atoms with Crippen LogP contribution >= 0.6 is 0 Å². The fourth-order valence-corrected chi connectivity index (χ4v) is 2.92. The van der Waals surface area contributed by atoms with Gasteiger partial charge in [0.15, 0.2) is 0 Å². The van der Waals surface area contributed by atoms with E-state index in [1.165, 1.54) is 6.20 Å². The number of hydrogen-bond acceptors (Lipinski definition) is 6. The van der Waals surface area contributed by atoms with E-state index in [2.05, 4.69) is 9.71 Å². The van der Waals surface area contributed by atoms with Gasteiger partial charge in [-0.05, 0) is 25.1 Å². The van der Waals surface area contributed by atoms with Crippen molar-refractivity contribution in [3.8, 4) is 0 Å². The zero-order valence-electron chi connectivity index (χ0n) is 11.0. The van der Waals surface area contributed by atoms with E-state index in [1.54, 1.807) is 19.1 Å². The maximum Gasteiger partial charge on any atom is 0.271 e. The largest absolute Gasteiger partial charge is 0.397 e. The topological polar surface area (TPSA) is 128 Å².